The molecule has 2 nitrogen and oxygen atoms in total. The highest BCUT2D eigenvalue weighted by Gasteiger charge is 2.13. The van der Waals surface area contributed by atoms with E-state index in [0.29, 0.717) is 0 Å². The van der Waals surface area contributed by atoms with Gasteiger partial charge in [0.1, 0.15) is 0 Å². The van der Waals surface area contributed by atoms with Gasteiger partial charge in [-0.05, 0) is 46.1 Å². The Balaban J connectivity index is 2.10. The molecule has 18 heavy (non-hydrogen) atoms. The molecule has 0 saturated carbocycles. The van der Waals surface area contributed by atoms with Crippen LogP contribution in [0.4, 0.5) is 0 Å². The number of thiophene rings is 1. The summed E-state index contributed by atoms with van der Waals surface area (Å²) in [4.78, 5) is 12.2. The second-order valence-corrected chi connectivity index (χ2v) is 6.73. The lowest BCUT2D eigenvalue weighted by Gasteiger charge is -2.07. The van der Waals surface area contributed by atoms with Gasteiger partial charge in [0, 0.05) is 11.3 Å². The Morgan fingerprint density at radius 1 is 1.28 bits per heavy atom. The Morgan fingerprint density at radius 3 is 2.44 bits per heavy atom. The average Bonchev–Trinajstić information content (AvgIpc) is 2.75. The molecule has 0 amide bonds. The normalized spacial score (nSPS) is 12.3. The molecule has 94 valence electrons. The van der Waals surface area contributed by atoms with Crippen molar-refractivity contribution in [3.8, 4) is 0 Å². The molecule has 0 saturated heterocycles. The lowest BCUT2D eigenvalue weighted by atomic mass is 9.99. The number of carboxylic acid groups (broad SMARTS) is 1. The third-order valence-corrected chi connectivity index (χ3v) is 4.48. The first kappa shape index (κ1) is 13.3. The van der Waals surface area contributed by atoms with Crippen molar-refractivity contribution in [1.82, 2.24) is 0 Å². The van der Waals surface area contributed by atoms with Gasteiger partial charge in [0.2, 0.25) is 0 Å². The minimum Gasteiger partial charge on any atom is -0.481 e. The molecule has 1 atom stereocenters. The summed E-state index contributed by atoms with van der Waals surface area (Å²) in [6, 6.07) is 11.9. The van der Waals surface area contributed by atoms with Crippen LogP contribution in [0.5, 0.6) is 0 Å². The Kier molecular flexibility index (Phi) is 4.19. The predicted molar refractivity (Wildman–Crippen MR) is 77.3 cm³/mol. The monoisotopic (exact) mass is 324 g/mol. The first-order valence-electron chi connectivity index (χ1n) is 5.62. The molecule has 0 aliphatic carbocycles. The molecule has 1 heterocycles. The third-order valence-electron chi connectivity index (χ3n) is 2.86. The Hall–Kier alpha value is -1.13. The molecule has 2 aromatic rings. The van der Waals surface area contributed by atoms with Crippen molar-refractivity contribution in [3.63, 3.8) is 0 Å². The Labute approximate surface area is 118 Å². The highest BCUT2D eigenvalue weighted by atomic mass is 79.9. The van der Waals surface area contributed by atoms with E-state index in [9.17, 15) is 4.79 Å². The van der Waals surface area contributed by atoms with Crippen LogP contribution in [0.2, 0.25) is 0 Å². The summed E-state index contributed by atoms with van der Waals surface area (Å²) in [6.07, 6.45) is 0.887. The van der Waals surface area contributed by atoms with E-state index in [1.165, 1.54) is 10.4 Å². The maximum Gasteiger partial charge on any atom is 0.310 e. The lowest BCUT2D eigenvalue weighted by Crippen LogP contribution is -2.07. The number of carbonyl (C=O) groups is 1. The van der Waals surface area contributed by atoms with E-state index in [1.54, 1.807) is 18.3 Å². The largest absolute Gasteiger partial charge is 0.481 e. The highest BCUT2D eigenvalue weighted by Crippen LogP contribution is 2.25. The average molecular weight is 325 g/mol. The smallest absolute Gasteiger partial charge is 0.310 e. The Morgan fingerprint density at radius 2 is 1.94 bits per heavy atom. The topological polar surface area (TPSA) is 37.3 Å². The van der Waals surface area contributed by atoms with Crippen LogP contribution >= 0.6 is 27.3 Å². The van der Waals surface area contributed by atoms with Gasteiger partial charge in [0.05, 0.1) is 9.70 Å². The first-order valence-corrected chi connectivity index (χ1v) is 7.23. The summed E-state index contributed by atoms with van der Waals surface area (Å²) in [5, 5.41) is 8.94. The van der Waals surface area contributed by atoms with Gasteiger partial charge in [-0.25, -0.2) is 0 Å². The minimum atomic E-state index is -0.787. The van der Waals surface area contributed by atoms with Crippen molar-refractivity contribution < 1.29 is 9.90 Å². The number of hydrogen-bond donors (Lipinski definition) is 1. The van der Waals surface area contributed by atoms with Crippen molar-refractivity contribution in [2.45, 2.75) is 19.3 Å². The van der Waals surface area contributed by atoms with Crippen LogP contribution in [-0.4, -0.2) is 11.1 Å². The molecule has 1 unspecified atom stereocenters. The van der Waals surface area contributed by atoms with Gasteiger partial charge in [-0.3, -0.25) is 4.79 Å². The number of aliphatic carboxylic acids is 1. The maximum atomic E-state index is 10.9. The number of carboxylic acids is 1. The van der Waals surface area contributed by atoms with Gasteiger partial charge in [-0.15, -0.1) is 11.3 Å². The van der Waals surface area contributed by atoms with Gasteiger partial charge in [0.15, 0.2) is 0 Å². The predicted octanol–water partition coefficient (Wildman–Crippen LogP) is 4.29. The molecular weight excluding hydrogens is 312 g/mol. The molecule has 0 spiro atoms. The van der Waals surface area contributed by atoms with Gasteiger partial charge in [0.25, 0.3) is 0 Å². The number of rotatable bonds is 4. The van der Waals surface area contributed by atoms with Crippen molar-refractivity contribution in [3.05, 3.63) is 56.2 Å². The van der Waals surface area contributed by atoms with Crippen LogP contribution in [0.1, 0.15) is 28.8 Å². The summed E-state index contributed by atoms with van der Waals surface area (Å²) in [5.41, 5.74) is 2.05. The van der Waals surface area contributed by atoms with Crippen LogP contribution in [0.3, 0.4) is 0 Å². The van der Waals surface area contributed by atoms with E-state index in [0.717, 1.165) is 15.8 Å². The van der Waals surface area contributed by atoms with E-state index in [2.05, 4.69) is 22.0 Å². The van der Waals surface area contributed by atoms with Gasteiger partial charge in [-0.2, -0.15) is 0 Å². The second kappa shape index (κ2) is 5.67. The van der Waals surface area contributed by atoms with Crippen LogP contribution in [0, 0.1) is 0 Å². The molecule has 2 rings (SSSR count). The highest BCUT2D eigenvalue weighted by molar-refractivity contribution is 9.11. The zero-order valence-corrected chi connectivity index (χ0v) is 12.3. The zero-order valence-electron chi connectivity index (χ0n) is 9.89. The number of hydrogen-bond acceptors (Lipinski definition) is 2. The summed E-state index contributed by atoms with van der Waals surface area (Å²) >= 11 is 5.17. The first-order chi connectivity index (χ1) is 8.56. The molecule has 0 radical (unpaired) electrons. The number of benzene rings is 1. The van der Waals surface area contributed by atoms with E-state index in [-0.39, 0.29) is 0 Å². The second-order valence-electron chi connectivity index (χ2n) is 4.18. The van der Waals surface area contributed by atoms with Crippen LogP contribution in [0.15, 0.2) is 40.2 Å². The quantitative estimate of drug-likeness (QED) is 0.910. The van der Waals surface area contributed by atoms with E-state index < -0.39 is 11.9 Å². The summed E-state index contributed by atoms with van der Waals surface area (Å²) in [6.45, 7) is 1.70. The van der Waals surface area contributed by atoms with Gasteiger partial charge in [-0.1, -0.05) is 24.3 Å². The van der Waals surface area contributed by atoms with Crippen LogP contribution in [-0.2, 0) is 11.2 Å². The third kappa shape index (κ3) is 3.21. The number of halogens is 1. The molecule has 0 aliphatic heterocycles. The minimum absolute atomic E-state index is 0.449. The van der Waals surface area contributed by atoms with Crippen molar-refractivity contribution >= 4 is 33.2 Å². The fourth-order valence-electron chi connectivity index (χ4n) is 1.71. The summed E-state index contributed by atoms with van der Waals surface area (Å²) in [5.74, 6) is -1.24. The molecule has 0 bridgehead atoms. The molecule has 0 fully saturated rings. The van der Waals surface area contributed by atoms with Gasteiger partial charge >= 0.3 is 5.97 Å². The summed E-state index contributed by atoms with van der Waals surface area (Å²) in [7, 11) is 0. The Bertz CT molecular complexity index is 545. The molecule has 0 aliphatic rings. The molecule has 4 heteroatoms. The molecule has 1 N–H and O–H groups in total. The van der Waals surface area contributed by atoms with E-state index in [4.69, 9.17) is 5.11 Å². The van der Waals surface area contributed by atoms with Crippen molar-refractivity contribution in [2.24, 2.45) is 0 Å². The maximum absolute atomic E-state index is 10.9. The van der Waals surface area contributed by atoms with E-state index in [1.807, 2.05) is 30.3 Å². The van der Waals surface area contributed by atoms with Crippen molar-refractivity contribution in [2.75, 3.05) is 0 Å². The molecule has 1 aromatic heterocycles. The fourth-order valence-corrected chi connectivity index (χ4v) is 3.23. The van der Waals surface area contributed by atoms with Crippen molar-refractivity contribution in [1.29, 1.82) is 0 Å². The van der Waals surface area contributed by atoms with Gasteiger partial charge < -0.3 is 5.11 Å². The molecular formula is C14H13BrO2S. The summed E-state index contributed by atoms with van der Waals surface area (Å²) < 4.78 is 1.13. The van der Waals surface area contributed by atoms with Crippen LogP contribution < -0.4 is 0 Å². The molecule has 1 aromatic carbocycles. The fraction of sp³-hybridized carbons (Fsp3) is 0.214. The van der Waals surface area contributed by atoms with E-state index >= 15 is 0 Å². The zero-order chi connectivity index (χ0) is 13.1. The standard InChI is InChI=1S/C14H13BrO2S/c1-9(14(16)17)11-4-2-10(3-5-11)8-12-6-7-13(15)18-12/h2-7,9H,8H2,1H3,(H,16,17). The van der Waals surface area contributed by atoms with Crippen LogP contribution in [0.25, 0.3) is 0 Å². The SMILES string of the molecule is CC(C(=O)O)c1ccc(Cc2ccc(Br)s2)cc1. The lowest BCUT2D eigenvalue weighted by molar-refractivity contribution is -0.138.